The summed E-state index contributed by atoms with van der Waals surface area (Å²) in [6.45, 7) is 0. The summed E-state index contributed by atoms with van der Waals surface area (Å²) in [6, 6.07) is 12.3. The van der Waals surface area contributed by atoms with Crippen LogP contribution in [0.3, 0.4) is 0 Å². The number of carbonyl (C=O) groups is 1. The van der Waals surface area contributed by atoms with Crippen LogP contribution in [0.4, 0.5) is 4.39 Å². The van der Waals surface area contributed by atoms with E-state index in [9.17, 15) is 9.18 Å². The molecule has 1 aromatic heterocycles. The van der Waals surface area contributed by atoms with Gasteiger partial charge in [0.1, 0.15) is 12.1 Å². The molecule has 0 aliphatic heterocycles. The van der Waals surface area contributed by atoms with Gasteiger partial charge in [-0.25, -0.2) is 18.9 Å². The fourth-order valence-electron chi connectivity index (χ4n) is 1.93. The standard InChI is InChI=1S/C15H10FN3O2/c16-12-5-2-6-13(8-12)19-9-17-14(18-19)10-3-1-4-11(7-10)15(20)21/h1-9H,(H,20,21). The Morgan fingerprint density at radius 1 is 1.14 bits per heavy atom. The highest BCUT2D eigenvalue weighted by Gasteiger charge is 2.09. The van der Waals surface area contributed by atoms with E-state index in [4.69, 9.17) is 5.11 Å². The maximum absolute atomic E-state index is 13.2. The summed E-state index contributed by atoms with van der Waals surface area (Å²) in [5.74, 6) is -0.999. The average molecular weight is 283 g/mol. The quantitative estimate of drug-likeness (QED) is 0.802. The van der Waals surface area contributed by atoms with Gasteiger partial charge in [-0.2, -0.15) is 0 Å². The molecule has 0 fully saturated rings. The van der Waals surface area contributed by atoms with E-state index in [0.717, 1.165) is 0 Å². The van der Waals surface area contributed by atoms with E-state index < -0.39 is 5.97 Å². The maximum Gasteiger partial charge on any atom is 0.335 e. The summed E-state index contributed by atoms with van der Waals surface area (Å²) < 4.78 is 14.6. The second-order valence-electron chi connectivity index (χ2n) is 4.38. The molecular weight excluding hydrogens is 273 g/mol. The zero-order valence-corrected chi connectivity index (χ0v) is 10.8. The number of nitrogens with zero attached hydrogens (tertiary/aromatic N) is 3. The van der Waals surface area contributed by atoms with Crippen molar-refractivity contribution in [3.05, 3.63) is 66.2 Å². The van der Waals surface area contributed by atoms with Crippen molar-refractivity contribution in [3.8, 4) is 17.1 Å². The topological polar surface area (TPSA) is 68.0 Å². The van der Waals surface area contributed by atoms with Crippen LogP contribution < -0.4 is 0 Å². The lowest BCUT2D eigenvalue weighted by molar-refractivity contribution is 0.0697. The molecule has 0 unspecified atom stereocenters. The molecule has 0 saturated carbocycles. The Bertz CT molecular complexity index is 814. The molecule has 2 aromatic carbocycles. The molecule has 0 saturated heterocycles. The van der Waals surface area contributed by atoms with Crippen LogP contribution in [0.15, 0.2) is 54.9 Å². The molecule has 1 heterocycles. The summed E-state index contributed by atoms with van der Waals surface area (Å²) in [5, 5.41) is 13.2. The number of hydrogen-bond acceptors (Lipinski definition) is 3. The summed E-state index contributed by atoms with van der Waals surface area (Å²) in [5.41, 5.74) is 1.29. The minimum absolute atomic E-state index is 0.162. The first-order valence-corrected chi connectivity index (χ1v) is 6.15. The molecule has 3 rings (SSSR count). The first-order chi connectivity index (χ1) is 10.1. The van der Waals surface area contributed by atoms with Crippen LogP contribution in [0, 0.1) is 5.82 Å². The molecule has 0 amide bonds. The molecule has 0 aliphatic rings. The summed E-state index contributed by atoms with van der Waals surface area (Å²) >= 11 is 0. The largest absolute Gasteiger partial charge is 0.478 e. The highest BCUT2D eigenvalue weighted by atomic mass is 19.1. The van der Waals surface area contributed by atoms with E-state index in [1.54, 1.807) is 24.3 Å². The molecule has 3 aromatic rings. The summed E-state index contributed by atoms with van der Waals surface area (Å²) in [6.07, 6.45) is 1.46. The number of aromatic carboxylic acids is 1. The Hall–Kier alpha value is -3.02. The fraction of sp³-hybridized carbons (Fsp3) is 0. The lowest BCUT2D eigenvalue weighted by atomic mass is 10.1. The van der Waals surface area contributed by atoms with Gasteiger partial charge in [0.15, 0.2) is 5.82 Å². The molecule has 0 atom stereocenters. The highest BCUT2D eigenvalue weighted by Crippen LogP contribution is 2.17. The van der Waals surface area contributed by atoms with Gasteiger partial charge in [0.05, 0.1) is 11.3 Å². The number of benzene rings is 2. The summed E-state index contributed by atoms with van der Waals surface area (Å²) in [7, 11) is 0. The highest BCUT2D eigenvalue weighted by molar-refractivity contribution is 5.89. The van der Waals surface area contributed by atoms with Gasteiger partial charge in [-0.05, 0) is 30.3 Å². The number of aromatic nitrogens is 3. The van der Waals surface area contributed by atoms with Gasteiger partial charge >= 0.3 is 5.97 Å². The molecule has 0 bridgehead atoms. The van der Waals surface area contributed by atoms with Gasteiger partial charge < -0.3 is 5.11 Å². The molecular formula is C15H10FN3O2. The van der Waals surface area contributed by atoms with Gasteiger partial charge in [-0.3, -0.25) is 0 Å². The predicted molar refractivity (Wildman–Crippen MR) is 73.7 cm³/mol. The Morgan fingerprint density at radius 3 is 2.71 bits per heavy atom. The SMILES string of the molecule is O=C(O)c1cccc(-c2ncn(-c3cccc(F)c3)n2)c1. The van der Waals surface area contributed by atoms with Crippen LogP contribution in [0.5, 0.6) is 0 Å². The molecule has 0 radical (unpaired) electrons. The van der Waals surface area contributed by atoms with Crippen molar-refractivity contribution < 1.29 is 14.3 Å². The van der Waals surface area contributed by atoms with E-state index in [-0.39, 0.29) is 11.4 Å². The van der Waals surface area contributed by atoms with Gasteiger partial charge in [-0.1, -0.05) is 18.2 Å². The molecule has 5 nitrogen and oxygen atoms in total. The van der Waals surface area contributed by atoms with Crippen molar-refractivity contribution in [3.63, 3.8) is 0 Å². The van der Waals surface area contributed by atoms with E-state index >= 15 is 0 Å². The minimum Gasteiger partial charge on any atom is -0.478 e. The summed E-state index contributed by atoms with van der Waals surface area (Å²) in [4.78, 5) is 15.1. The number of rotatable bonds is 3. The number of carboxylic acid groups (broad SMARTS) is 1. The smallest absolute Gasteiger partial charge is 0.335 e. The van der Waals surface area contributed by atoms with E-state index in [2.05, 4.69) is 10.1 Å². The van der Waals surface area contributed by atoms with Crippen LogP contribution in [-0.2, 0) is 0 Å². The van der Waals surface area contributed by atoms with Crippen LogP contribution in [0.1, 0.15) is 10.4 Å². The lowest BCUT2D eigenvalue weighted by Crippen LogP contribution is -1.97. The van der Waals surface area contributed by atoms with Crippen molar-refractivity contribution in [2.24, 2.45) is 0 Å². The molecule has 104 valence electrons. The minimum atomic E-state index is -1.01. The third kappa shape index (κ3) is 2.64. The average Bonchev–Trinajstić information content (AvgIpc) is 2.97. The molecule has 1 N–H and O–H groups in total. The van der Waals surface area contributed by atoms with Gasteiger partial charge in [0, 0.05) is 5.56 Å². The monoisotopic (exact) mass is 283 g/mol. The van der Waals surface area contributed by atoms with Crippen LogP contribution >= 0.6 is 0 Å². The third-order valence-corrected chi connectivity index (χ3v) is 2.93. The number of carboxylic acids is 1. The predicted octanol–water partition coefficient (Wildman–Crippen LogP) is 2.77. The van der Waals surface area contributed by atoms with Gasteiger partial charge in [0.25, 0.3) is 0 Å². The van der Waals surface area contributed by atoms with Crippen molar-refractivity contribution in [1.82, 2.24) is 14.8 Å². The van der Waals surface area contributed by atoms with E-state index in [1.165, 1.54) is 35.3 Å². The second-order valence-corrected chi connectivity index (χ2v) is 4.38. The fourth-order valence-corrected chi connectivity index (χ4v) is 1.93. The first kappa shape index (κ1) is 13.0. The molecule has 6 heteroatoms. The number of halogens is 1. The Labute approximate surface area is 119 Å². The lowest BCUT2D eigenvalue weighted by Gasteiger charge is -2.00. The van der Waals surface area contributed by atoms with E-state index in [1.807, 2.05) is 0 Å². The third-order valence-electron chi connectivity index (χ3n) is 2.93. The molecule has 0 spiro atoms. The van der Waals surface area contributed by atoms with Crippen LogP contribution in [0.2, 0.25) is 0 Å². The second kappa shape index (κ2) is 5.16. The Morgan fingerprint density at radius 2 is 1.95 bits per heavy atom. The molecule has 21 heavy (non-hydrogen) atoms. The maximum atomic E-state index is 13.2. The van der Waals surface area contributed by atoms with Crippen molar-refractivity contribution in [2.45, 2.75) is 0 Å². The van der Waals surface area contributed by atoms with Crippen molar-refractivity contribution >= 4 is 5.97 Å². The van der Waals surface area contributed by atoms with Gasteiger partial charge in [0.2, 0.25) is 0 Å². The van der Waals surface area contributed by atoms with Crippen LogP contribution in [-0.4, -0.2) is 25.8 Å². The van der Waals surface area contributed by atoms with Crippen molar-refractivity contribution in [2.75, 3.05) is 0 Å². The first-order valence-electron chi connectivity index (χ1n) is 6.15. The van der Waals surface area contributed by atoms with E-state index in [0.29, 0.717) is 17.1 Å². The Balaban J connectivity index is 1.98. The van der Waals surface area contributed by atoms with Gasteiger partial charge in [-0.15, -0.1) is 5.10 Å². The zero-order valence-electron chi connectivity index (χ0n) is 10.8. The van der Waals surface area contributed by atoms with Crippen molar-refractivity contribution in [1.29, 1.82) is 0 Å². The zero-order chi connectivity index (χ0) is 14.8. The number of hydrogen-bond donors (Lipinski definition) is 1. The normalized spacial score (nSPS) is 10.5. The molecule has 0 aliphatic carbocycles. The van der Waals surface area contributed by atoms with Crippen LogP contribution in [0.25, 0.3) is 17.1 Å². The Kier molecular flexibility index (Phi) is 3.19.